The van der Waals surface area contributed by atoms with Gasteiger partial charge < -0.3 is 9.80 Å². The molecule has 0 bridgehead atoms. The van der Waals surface area contributed by atoms with Crippen LogP contribution in [0.2, 0.25) is 0 Å². The number of nitrogens with zero attached hydrogens (tertiary/aromatic N) is 8. The van der Waals surface area contributed by atoms with Crippen LogP contribution in [0.3, 0.4) is 0 Å². The molecule has 1 aliphatic rings. The monoisotopic (exact) mass is 464 g/mol. The fraction of sp³-hybridized carbons (Fsp3) is 0.259. The van der Waals surface area contributed by atoms with Crippen molar-refractivity contribution in [2.24, 2.45) is 7.05 Å². The van der Waals surface area contributed by atoms with Gasteiger partial charge >= 0.3 is 0 Å². The molecule has 4 aromatic heterocycles. The van der Waals surface area contributed by atoms with Crippen LogP contribution >= 0.6 is 0 Å². The summed E-state index contributed by atoms with van der Waals surface area (Å²) in [6.07, 6.45) is 13.8. The second kappa shape index (κ2) is 9.21. The minimum atomic E-state index is 0.810. The van der Waals surface area contributed by atoms with E-state index in [9.17, 15) is 0 Å². The number of aryl methyl sites for hydroxylation is 1. The normalized spacial score (nSPS) is 14.4. The molecule has 0 unspecified atom stereocenters. The Morgan fingerprint density at radius 3 is 2.31 bits per heavy atom. The third-order valence-electron chi connectivity index (χ3n) is 6.60. The summed E-state index contributed by atoms with van der Waals surface area (Å²) in [5.74, 6) is 0.810. The minimum Gasteiger partial charge on any atom is -0.367 e. The van der Waals surface area contributed by atoms with Gasteiger partial charge in [-0.25, -0.2) is 14.5 Å². The van der Waals surface area contributed by atoms with Crippen molar-refractivity contribution in [1.82, 2.24) is 29.4 Å². The van der Waals surface area contributed by atoms with E-state index in [-0.39, 0.29) is 0 Å². The fourth-order valence-corrected chi connectivity index (χ4v) is 4.75. The topological polar surface area (TPSA) is 67.4 Å². The number of rotatable bonds is 5. The number of benzene rings is 1. The molecular weight excluding hydrogens is 436 g/mol. The van der Waals surface area contributed by atoms with Gasteiger partial charge in [-0.3, -0.25) is 4.68 Å². The lowest BCUT2D eigenvalue weighted by atomic mass is 10.1. The molecule has 0 amide bonds. The first-order chi connectivity index (χ1) is 17.2. The molecule has 8 heteroatoms. The summed E-state index contributed by atoms with van der Waals surface area (Å²) in [4.78, 5) is 14.1. The maximum Gasteiger partial charge on any atom is 0.225 e. The second-order valence-electron chi connectivity index (χ2n) is 9.06. The summed E-state index contributed by atoms with van der Waals surface area (Å²) < 4.78 is 3.78. The molecule has 1 saturated heterocycles. The standard InChI is InChI=1S/C27H28N8/c1-32-19-24(17-30-32)23-8-9-25-26(18-31-35(25)20-23)33-10-5-11-34(13-12-33)27-28-15-22(16-29-27)14-21-6-3-2-4-7-21/h2-4,6-9,15-20H,5,10-14H2,1H3. The van der Waals surface area contributed by atoms with Crippen molar-refractivity contribution < 1.29 is 0 Å². The highest BCUT2D eigenvalue weighted by Crippen LogP contribution is 2.26. The highest BCUT2D eigenvalue weighted by molar-refractivity contribution is 5.75. The molecule has 0 spiro atoms. The molecular formula is C27H28N8. The summed E-state index contributed by atoms with van der Waals surface area (Å²) in [5.41, 5.74) is 6.89. The predicted octanol–water partition coefficient (Wildman–Crippen LogP) is 3.83. The van der Waals surface area contributed by atoms with E-state index in [1.165, 1.54) is 11.3 Å². The summed E-state index contributed by atoms with van der Waals surface area (Å²) in [7, 11) is 1.93. The van der Waals surface area contributed by atoms with Crippen molar-refractivity contribution in [1.29, 1.82) is 0 Å². The van der Waals surface area contributed by atoms with Gasteiger partial charge in [-0.2, -0.15) is 10.2 Å². The molecule has 8 nitrogen and oxygen atoms in total. The molecule has 0 atom stereocenters. The van der Waals surface area contributed by atoms with E-state index in [1.54, 1.807) is 0 Å². The third kappa shape index (κ3) is 4.47. The van der Waals surface area contributed by atoms with E-state index in [1.807, 2.05) is 53.3 Å². The Morgan fingerprint density at radius 1 is 0.714 bits per heavy atom. The van der Waals surface area contributed by atoms with Crippen molar-refractivity contribution in [2.45, 2.75) is 12.8 Å². The van der Waals surface area contributed by atoms with Gasteiger partial charge in [-0.1, -0.05) is 36.4 Å². The van der Waals surface area contributed by atoms with E-state index in [0.29, 0.717) is 0 Å². The summed E-state index contributed by atoms with van der Waals surface area (Å²) in [5, 5.41) is 8.93. The van der Waals surface area contributed by atoms with Crippen LogP contribution < -0.4 is 9.80 Å². The van der Waals surface area contributed by atoms with Gasteiger partial charge in [0.1, 0.15) is 0 Å². The SMILES string of the molecule is Cn1cc(-c2ccc3c(N4CCCN(c5ncc(Cc6ccccc6)cn5)CC4)cnn3c2)cn1. The smallest absolute Gasteiger partial charge is 0.225 e. The van der Waals surface area contributed by atoms with E-state index < -0.39 is 0 Å². The first-order valence-corrected chi connectivity index (χ1v) is 12.0. The quantitative estimate of drug-likeness (QED) is 0.394. The molecule has 1 fully saturated rings. The van der Waals surface area contributed by atoms with Crippen LogP contribution in [-0.2, 0) is 13.5 Å². The van der Waals surface area contributed by atoms with Gasteiger partial charge in [0.25, 0.3) is 0 Å². The zero-order chi connectivity index (χ0) is 23.6. The molecule has 0 N–H and O–H groups in total. The third-order valence-corrected chi connectivity index (χ3v) is 6.60. The minimum absolute atomic E-state index is 0.810. The van der Waals surface area contributed by atoms with E-state index in [4.69, 9.17) is 9.97 Å². The zero-order valence-corrected chi connectivity index (χ0v) is 19.8. The largest absolute Gasteiger partial charge is 0.367 e. The van der Waals surface area contributed by atoms with E-state index in [0.717, 1.165) is 67.2 Å². The lowest BCUT2D eigenvalue weighted by Crippen LogP contribution is -2.31. The number of pyridine rings is 1. The Balaban J connectivity index is 1.15. The van der Waals surface area contributed by atoms with Gasteiger partial charge in [0.05, 0.1) is 23.6 Å². The van der Waals surface area contributed by atoms with Gasteiger partial charge in [0, 0.05) is 75.6 Å². The average Bonchev–Trinajstić information content (AvgIpc) is 3.44. The summed E-state index contributed by atoms with van der Waals surface area (Å²) >= 11 is 0. The van der Waals surface area contributed by atoms with Gasteiger partial charge in [0.2, 0.25) is 5.95 Å². The number of anilines is 2. The zero-order valence-electron chi connectivity index (χ0n) is 19.8. The van der Waals surface area contributed by atoms with Crippen LogP contribution in [0.5, 0.6) is 0 Å². The number of hydrogen-bond donors (Lipinski definition) is 0. The molecule has 1 aromatic carbocycles. The first kappa shape index (κ1) is 21.3. The van der Waals surface area contributed by atoms with Gasteiger partial charge in [0.15, 0.2) is 0 Å². The maximum absolute atomic E-state index is 4.69. The Hall–Kier alpha value is -4.20. The van der Waals surface area contributed by atoms with E-state index in [2.05, 4.69) is 62.6 Å². The van der Waals surface area contributed by atoms with Crippen molar-refractivity contribution in [3.05, 3.63) is 90.8 Å². The Labute approximate surface area is 204 Å². The highest BCUT2D eigenvalue weighted by atomic mass is 15.3. The Bertz CT molecular complexity index is 1420. The number of hydrogen-bond acceptors (Lipinski definition) is 6. The Kier molecular flexibility index (Phi) is 5.62. The molecule has 6 rings (SSSR count). The number of fused-ring (bicyclic) bond motifs is 1. The molecule has 0 radical (unpaired) electrons. The van der Waals surface area contributed by atoms with Crippen LogP contribution in [0, 0.1) is 0 Å². The molecule has 0 saturated carbocycles. The maximum atomic E-state index is 4.69. The van der Waals surface area contributed by atoms with Gasteiger partial charge in [-0.05, 0) is 23.6 Å². The molecule has 5 heterocycles. The molecule has 1 aliphatic heterocycles. The van der Waals surface area contributed by atoms with Crippen LogP contribution in [0.15, 0.2) is 79.6 Å². The average molecular weight is 465 g/mol. The van der Waals surface area contributed by atoms with Crippen LogP contribution in [-0.4, -0.2) is 55.5 Å². The molecule has 35 heavy (non-hydrogen) atoms. The van der Waals surface area contributed by atoms with Crippen LogP contribution in [0.4, 0.5) is 11.6 Å². The first-order valence-electron chi connectivity index (χ1n) is 12.0. The van der Waals surface area contributed by atoms with Crippen molar-refractivity contribution in [3.63, 3.8) is 0 Å². The highest BCUT2D eigenvalue weighted by Gasteiger charge is 2.20. The number of aromatic nitrogens is 6. The van der Waals surface area contributed by atoms with Gasteiger partial charge in [-0.15, -0.1) is 0 Å². The summed E-state index contributed by atoms with van der Waals surface area (Å²) in [6.45, 7) is 3.71. The molecule has 0 aliphatic carbocycles. The lowest BCUT2D eigenvalue weighted by Gasteiger charge is -2.23. The molecule has 5 aromatic rings. The summed E-state index contributed by atoms with van der Waals surface area (Å²) in [6, 6.07) is 14.7. The second-order valence-corrected chi connectivity index (χ2v) is 9.06. The predicted molar refractivity (Wildman–Crippen MR) is 138 cm³/mol. The van der Waals surface area contributed by atoms with Crippen LogP contribution in [0.25, 0.3) is 16.6 Å². The lowest BCUT2D eigenvalue weighted by molar-refractivity contribution is 0.768. The van der Waals surface area contributed by atoms with Crippen LogP contribution in [0.1, 0.15) is 17.5 Å². The van der Waals surface area contributed by atoms with Crippen molar-refractivity contribution >= 4 is 17.2 Å². The van der Waals surface area contributed by atoms with Crippen molar-refractivity contribution in [3.8, 4) is 11.1 Å². The Morgan fingerprint density at radius 2 is 1.51 bits per heavy atom. The van der Waals surface area contributed by atoms with E-state index >= 15 is 0 Å². The van der Waals surface area contributed by atoms with Crippen molar-refractivity contribution in [2.75, 3.05) is 36.0 Å². The fourth-order valence-electron chi connectivity index (χ4n) is 4.75. The molecule has 176 valence electrons.